The zero-order valence-electron chi connectivity index (χ0n) is 15.1. The quantitative estimate of drug-likeness (QED) is 0.348. The predicted octanol–water partition coefficient (Wildman–Crippen LogP) is 2.10. The molecule has 1 aliphatic carbocycles. The van der Waals surface area contributed by atoms with E-state index in [4.69, 9.17) is 4.74 Å². The van der Waals surface area contributed by atoms with E-state index in [0.29, 0.717) is 12.8 Å². The Kier molecular flexibility index (Phi) is 5.30. The molecule has 0 atom stereocenters. The van der Waals surface area contributed by atoms with Crippen LogP contribution in [0.4, 0.5) is 10.5 Å². The van der Waals surface area contributed by atoms with Gasteiger partial charge in [-0.1, -0.05) is 19.3 Å². The number of carbonyl (C=O) groups is 3. The average molecular weight is 389 g/mol. The molecular weight excluding hydrogens is 370 g/mol. The molecule has 0 radical (unpaired) electrons. The van der Waals surface area contributed by atoms with Gasteiger partial charge in [0.15, 0.2) is 5.75 Å². The highest BCUT2D eigenvalue weighted by Crippen LogP contribution is 2.37. The molecular formula is C18H19N3O7. The maximum absolute atomic E-state index is 12.9. The number of rotatable bonds is 4. The van der Waals surface area contributed by atoms with Crippen molar-refractivity contribution in [3.63, 3.8) is 0 Å². The number of urea groups is 1. The molecule has 0 bridgehead atoms. The summed E-state index contributed by atoms with van der Waals surface area (Å²) < 4.78 is 4.92. The van der Waals surface area contributed by atoms with Crippen LogP contribution in [0.1, 0.15) is 37.7 Å². The highest BCUT2D eigenvalue weighted by Gasteiger charge is 2.40. The molecule has 2 N–H and O–H groups in total. The first-order valence-corrected chi connectivity index (χ1v) is 8.79. The summed E-state index contributed by atoms with van der Waals surface area (Å²) in [6, 6.07) is 1.24. The first-order chi connectivity index (χ1) is 13.3. The van der Waals surface area contributed by atoms with Crippen LogP contribution in [0.5, 0.6) is 11.5 Å². The molecule has 2 aliphatic rings. The molecule has 148 valence electrons. The number of ether oxygens (including phenoxy) is 1. The molecule has 1 aliphatic heterocycles. The van der Waals surface area contributed by atoms with Crippen molar-refractivity contribution in [1.29, 1.82) is 0 Å². The number of methoxy groups -OCH3 is 1. The Morgan fingerprint density at radius 1 is 1.25 bits per heavy atom. The molecule has 0 unspecified atom stereocenters. The number of nitro benzene ring substituents is 1. The van der Waals surface area contributed by atoms with E-state index in [2.05, 4.69) is 5.32 Å². The highest BCUT2D eigenvalue weighted by atomic mass is 16.6. The van der Waals surface area contributed by atoms with Gasteiger partial charge < -0.3 is 9.84 Å². The first-order valence-electron chi connectivity index (χ1n) is 8.79. The Labute approximate surface area is 159 Å². The normalized spacial score (nSPS) is 19.7. The van der Waals surface area contributed by atoms with Gasteiger partial charge >= 0.3 is 11.7 Å². The van der Waals surface area contributed by atoms with Crippen molar-refractivity contribution in [3.05, 3.63) is 33.4 Å². The lowest BCUT2D eigenvalue weighted by molar-refractivity contribution is -0.386. The first kappa shape index (κ1) is 19.3. The third-order valence-electron chi connectivity index (χ3n) is 4.88. The number of barbiturate groups is 1. The molecule has 0 spiro atoms. The molecule has 10 nitrogen and oxygen atoms in total. The molecule has 1 aromatic carbocycles. The number of nitro groups is 1. The smallest absolute Gasteiger partial charge is 0.331 e. The number of hydrogen-bond donors (Lipinski definition) is 2. The average Bonchev–Trinajstić information content (AvgIpc) is 2.66. The van der Waals surface area contributed by atoms with Crippen molar-refractivity contribution >= 4 is 29.6 Å². The number of hydrogen-bond acceptors (Lipinski definition) is 7. The van der Waals surface area contributed by atoms with Gasteiger partial charge in [0.1, 0.15) is 5.57 Å². The number of carbonyl (C=O) groups excluding carboxylic acids is 3. The molecule has 4 amide bonds. The third kappa shape index (κ3) is 3.53. The molecule has 1 heterocycles. The Bertz CT molecular complexity index is 887. The van der Waals surface area contributed by atoms with Gasteiger partial charge in [0.2, 0.25) is 5.75 Å². The van der Waals surface area contributed by atoms with Gasteiger partial charge in [-0.15, -0.1) is 0 Å². The lowest BCUT2D eigenvalue weighted by atomic mass is 9.93. The topological polar surface area (TPSA) is 139 Å². The van der Waals surface area contributed by atoms with E-state index in [-0.39, 0.29) is 22.9 Å². The minimum Gasteiger partial charge on any atom is -0.500 e. The van der Waals surface area contributed by atoms with Crippen LogP contribution in [0.2, 0.25) is 0 Å². The minimum atomic E-state index is -0.878. The molecule has 0 aromatic heterocycles. The molecule has 1 aromatic rings. The van der Waals surface area contributed by atoms with Gasteiger partial charge in [-0.25, -0.2) is 4.79 Å². The fourth-order valence-electron chi connectivity index (χ4n) is 3.50. The highest BCUT2D eigenvalue weighted by molar-refractivity contribution is 6.31. The molecule has 10 heteroatoms. The maximum atomic E-state index is 12.9. The number of phenolic OH excluding ortho intramolecular Hbond substituents is 1. The Balaban J connectivity index is 2.01. The zero-order chi connectivity index (χ0) is 20.4. The van der Waals surface area contributed by atoms with E-state index in [1.54, 1.807) is 0 Å². The fraction of sp³-hybridized carbons (Fsp3) is 0.389. The van der Waals surface area contributed by atoms with Crippen LogP contribution in [0.15, 0.2) is 17.7 Å². The van der Waals surface area contributed by atoms with E-state index in [1.807, 2.05) is 0 Å². The van der Waals surface area contributed by atoms with Gasteiger partial charge in [0.05, 0.1) is 12.0 Å². The number of nitrogens with zero attached hydrogens (tertiary/aromatic N) is 2. The molecule has 2 fully saturated rings. The second kappa shape index (κ2) is 7.67. The largest absolute Gasteiger partial charge is 0.500 e. The second-order valence-electron chi connectivity index (χ2n) is 6.63. The summed E-state index contributed by atoms with van der Waals surface area (Å²) in [7, 11) is 1.22. The van der Waals surface area contributed by atoms with Crippen molar-refractivity contribution in [2.24, 2.45) is 0 Å². The van der Waals surface area contributed by atoms with Crippen LogP contribution in [0.25, 0.3) is 6.08 Å². The van der Waals surface area contributed by atoms with Gasteiger partial charge in [-0.05, 0) is 30.5 Å². The fourth-order valence-corrected chi connectivity index (χ4v) is 3.50. The van der Waals surface area contributed by atoms with Crippen molar-refractivity contribution < 1.29 is 29.2 Å². The van der Waals surface area contributed by atoms with Crippen LogP contribution in [0, 0.1) is 10.1 Å². The Morgan fingerprint density at radius 3 is 2.54 bits per heavy atom. The van der Waals surface area contributed by atoms with E-state index in [9.17, 15) is 29.6 Å². The zero-order valence-corrected chi connectivity index (χ0v) is 15.1. The standard InChI is InChI=1S/C18H19N3O7/c1-28-14-9-10(8-13(15(14)22)21(26)27)7-12-16(23)19-18(25)20(17(12)24)11-5-3-2-4-6-11/h7-9,11,22H,2-6H2,1H3,(H,19,23,25). The molecule has 28 heavy (non-hydrogen) atoms. The van der Waals surface area contributed by atoms with E-state index in [0.717, 1.165) is 36.3 Å². The lowest BCUT2D eigenvalue weighted by Crippen LogP contribution is -2.58. The van der Waals surface area contributed by atoms with Crippen LogP contribution < -0.4 is 10.1 Å². The van der Waals surface area contributed by atoms with E-state index >= 15 is 0 Å². The number of benzene rings is 1. The van der Waals surface area contributed by atoms with Crippen LogP contribution >= 0.6 is 0 Å². The van der Waals surface area contributed by atoms with Crippen LogP contribution in [-0.4, -0.2) is 45.9 Å². The van der Waals surface area contributed by atoms with Gasteiger partial charge in [0.25, 0.3) is 11.8 Å². The molecule has 1 saturated heterocycles. The SMILES string of the molecule is COc1cc(C=C2C(=O)NC(=O)N(C3CCCCC3)C2=O)cc([N+](=O)[O-])c1O. The summed E-state index contributed by atoms with van der Waals surface area (Å²) >= 11 is 0. The number of amides is 4. The van der Waals surface area contributed by atoms with Crippen molar-refractivity contribution in [2.75, 3.05) is 7.11 Å². The number of imide groups is 2. The number of nitrogens with one attached hydrogen (secondary N) is 1. The Morgan fingerprint density at radius 2 is 1.93 bits per heavy atom. The Hall–Kier alpha value is -3.43. The van der Waals surface area contributed by atoms with Gasteiger partial charge in [0, 0.05) is 12.1 Å². The third-order valence-corrected chi connectivity index (χ3v) is 4.88. The predicted molar refractivity (Wildman–Crippen MR) is 96.5 cm³/mol. The van der Waals surface area contributed by atoms with Crippen LogP contribution in [-0.2, 0) is 9.59 Å². The van der Waals surface area contributed by atoms with Crippen molar-refractivity contribution in [1.82, 2.24) is 10.2 Å². The van der Waals surface area contributed by atoms with Crippen molar-refractivity contribution in [3.8, 4) is 11.5 Å². The van der Waals surface area contributed by atoms with Crippen molar-refractivity contribution in [2.45, 2.75) is 38.1 Å². The number of phenols is 1. The molecule has 1 saturated carbocycles. The minimum absolute atomic E-state index is 0.109. The van der Waals surface area contributed by atoms with E-state index in [1.165, 1.54) is 13.2 Å². The summed E-state index contributed by atoms with van der Waals surface area (Å²) in [4.78, 5) is 48.7. The summed E-state index contributed by atoms with van der Waals surface area (Å²) in [5.41, 5.74) is -0.833. The summed E-state index contributed by atoms with van der Waals surface area (Å²) in [5.74, 6) is -2.45. The monoisotopic (exact) mass is 389 g/mol. The molecule has 3 rings (SSSR count). The second-order valence-corrected chi connectivity index (χ2v) is 6.63. The maximum Gasteiger partial charge on any atom is 0.331 e. The number of aromatic hydroxyl groups is 1. The van der Waals surface area contributed by atoms with Crippen LogP contribution in [0.3, 0.4) is 0 Å². The van der Waals surface area contributed by atoms with Gasteiger partial charge in [-0.2, -0.15) is 0 Å². The summed E-state index contributed by atoms with van der Waals surface area (Å²) in [5, 5.41) is 23.1. The lowest BCUT2D eigenvalue weighted by Gasteiger charge is -2.35. The summed E-state index contributed by atoms with van der Waals surface area (Å²) in [6.45, 7) is 0. The van der Waals surface area contributed by atoms with Gasteiger partial charge in [-0.3, -0.25) is 29.9 Å². The summed E-state index contributed by atoms with van der Waals surface area (Å²) in [6.07, 6.45) is 5.28. The van der Waals surface area contributed by atoms with E-state index < -0.39 is 34.2 Å².